The second kappa shape index (κ2) is 3.05. The van der Waals surface area contributed by atoms with E-state index < -0.39 is 0 Å². The first kappa shape index (κ1) is 10.1. The summed E-state index contributed by atoms with van der Waals surface area (Å²) < 4.78 is 0. The van der Waals surface area contributed by atoms with E-state index in [2.05, 4.69) is 41.5 Å². The van der Waals surface area contributed by atoms with Crippen molar-refractivity contribution < 1.29 is 0 Å². The van der Waals surface area contributed by atoms with Crippen LogP contribution in [0.4, 0.5) is 0 Å². The Balaban J connectivity index is 2.68. The van der Waals surface area contributed by atoms with Crippen molar-refractivity contribution in [1.82, 2.24) is 0 Å². The zero-order chi connectivity index (χ0) is 9.52. The maximum atomic E-state index is 2.47. The van der Waals surface area contributed by atoms with E-state index in [1.54, 1.807) is 0 Å². The van der Waals surface area contributed by atoms with Crippen molar-refractivity contribution in [3.8, 4) is 0 Å². The summed E-state index contributed by atoms with van der Waals surface area (Å²) >= 11 is 0. The van der Waals surface area contributed by atoms with Gasteiger partial charge in [-0.1, -0.05) is 41.5 Å². The second-order valence-electron chi connectivity index (χ2n) is 5.62. The normalized spacial score (nSPS) is 35.2. The third-order valence-electron chi connectivity index (χ3n) is 3.91. The lowest BCUT2D eigenvalue weighted by Gasteiger charge is -2.32. The van der Waals surface area contributed by atoms with Gasteiger partial charge in [0.25, 0.3) is 0 Å². The molecule has 0 saturated heterocycles. The lowest BCUT2D eigenvalue weighted by atomic mass is 9.73. The van der Waals surface area contributed by atoms with Crippen LogP contribution in [0.15, 0.2) is 0 Å². The number of rotatable bonds is 3. The molecule has 0 aliphatic heterocycles. The Hall–Kier alpha value is 0. The Bertz CT molecular complexity index is 149. The Kier molecular flexibility index (Phi) is 2.56. The predicted molar refractivity (Wildman–Crippen MR) is 55.1 cm³/mol. The molecule has 0 N–H and O–H groups in total. The van der Waals surface area contributed by atoms with Crippen LogP contribution in [-0.2, 0) is 0 Å². The molecule has 0 nitrogen and oxygen atoms in total. The summed E-state index contributed by atoms with van der Waals surface area (Å²) in [5.74, 6) is 3.58. The van der Waals surface area contributed by atoms with Gasteiger partial charge in [0.15, 0.2) is 0 Å². The lowest BCUT2D eigenvalue weighted by molar-refractivity contribution is 0.168. The van der Waals surface area contributed by atoms with E-state index in [-0.39, 0.29) is 0 Å². The van der Waals surface area contributed by atoms with Gasteiger partial charge in [0, 0.05) is 0 Å². The zero-order valence-corrected chi connectivity index (χ0v) is 9.52. The largest absolute Gasteiger partial charge is 0.0625 e. The SMILES string of the molecule is CC(C)C(C(C)C)C1(C)CC1C. The van der Waals surface area contributed by atoms with Gasteiger partial charge in [-0.2, -0.15) is 0 Å². The van der Waals surface area contributed by atoms with Crippen LogP contribution < -0.4 is 0 Å². The quantitative estimate of drug-likeness (QED) is 0.598. The highest BCUT2D eigenvalue weighted by Crippen LogP contribution is 2.60. The summed E-state index contributed by atoms with van der Waals surface area (Å²) in [4.78, 5) is 0. The van der Waals surface area contributed by atoms with E-state index in [0.717, 1.165) is 23.7 Å². The van der Waals surface area contributed by atoms with Crippen molar-refractivity contribution in [3.63, 3.8) is 0 Å². The second-order valence-corrected chi connectivity index (χ2v) is 5.62. The number of hydrogen-bond acceptors (Lipinski definition) is 0. The molecule has 0 radical (unpaired) electrons. The van der Waals surface area contributed by atoms with Crippen LogP contribution >= 0.6 is 0 Å². The standard InChI is InChI=1S/C12H24/c1-8(2)11(9(3)4)12(6)7-10(12)5/h8-11H,7H2,1-6H3. The summed E-state index contributed by atoms with van der Waals surface area (Å²) in [5.41, 5.74) is 0.669. The molecule has 0 aromatic heterocycles. The van der Waals surface area contributed by atoms with E-state index in [1.807, 2.05) is 0 Å². The first-order valence-electron chi connectivity index (χ1n) is 5.39. The molecule has 12 heavy (non-hydrogen) atoms. The van der Waals surface area contributed by atoms with Crippen LogP contribution in [0.3, 0.4) is 0 Å². The Labute approximate surface area is 77.7 Å². The molecular weight excluding hydrogens is 144 g/mol. The fourth-order valence-corrected chi connectivity index (χ4v) is 3.36. The van der Waals surface area contributed by atoms with Crippen LogP contribution in [0.5, 0.6) is 0 Å². The molecule has 72 valence electrons. The average molecular weight is 168 g/mol. The van der Waals surface area contributed by atoms with Gasteiger partial charge in [-0.3, -0.25) is 0 Å². The Morgan fingerprint density at radius 3 is 1.50 bits per heavy atom. The van der Waals surface area contributed by atoms with Crippen molar-refractivity contribution in [2.75, 3.05) is 0 Å². The minimum atomic E-state index is 0.669. The molecule has 1 fully saturated rings. The third kappa shape index (κ3) is 1.53. The van der Waals surface area contributed by atoms with Gasteiger partial charge in [-0.15, -0.1) is 0 Å². The van der Waals surface area contributed by atoms with Crippen LogP contribution in [-0.4, -0.2) is 0 Å². The van der Waals surface area contributed by atoms with Crippen LogP contribution in [0.25, 0.3) is 0 Å². The van der Waals surface area contributed by atoms with Crippen molar-refractivity contribution in [2.24, 2.45) is 29.1 Å². The van der Waals surface area contributed by atoms with Gasteiger partial charge >= 0.3 is 0 Å². The van der Waals surface area contributed by atoms with Crippen molar-refractivity contribution in [3.05, 3.63) is 0 Å². The maximum Gasteiger partial charge on any atom is -0.0264 e. The third-order valence-corrected chi connectivity index (χ3v) is 3.91. The van der Waals surface area contributed by atoms with Crippen LogP contribution in [0, 0.1) is 29.1 Å². The Morgan fingerprint density at radius 2 is 1.42 bits per heavy atom. The first-order valence-corrected chi connectivity index (χ1v) is 5.39. The van der Waals surface area contributed by atoms with Gasteiger partial charge in [0.1, 0.15) is 0 Å². The van der Waals surface area contributed by atoms with Gasteiger partial charge in [0.05, 0.1) is 0 Å². The molecule has 1 saturated carbocycles. The molecule has 0 heteroatoms. The molecule has 0 heterocycles. The van der Waals surface area contributed by atoms with E-state index in [1.165, 1.54) is 6.42 Å². The monoisotopic (exact) mass is 168 g/mol. The van der Waals surface area contributed by atoms with E-state index in [0.29, 0.717) is 5.41 Å². The van der Waals surface area contributed by atoms with E-state index >= 15 is 0 Å². The van der Waals surface area contributed by atoms with Gasteiger partial charge in [-0.25, -0.2) is 0 Å². The molecule has 0 amide bonds. The molecular formula is C12H24. The molecule has 1 rings (SSSR count). The molecule has 0 spiro atoms. The zero-order valence-electron chi connectivity index (χ0n) is 9.52. The van der Waals surface area contributed by atoms with Crippen molar-refractivity contribution in [2.45, 2.75) is 48.0 Å². The predicted octanol–water partition coefficient (Wildman–Crippen LogP) is 3.96. The van der Waals surface area contributed by atoms with Crippen LogP contribution in [0.1, 0.15) is 48.0 Å². The minimum absolute atomic E-state index is 0.669. The average Bonchev–Trinajstić information content (AvgIpc) is 2.37. The highest BCUT2D eigenvalue weighted by atomic mass is 14.6. The molecule has 2 atom stereocenters. The molecule has 1 aliphatic rings. The van der Waals surface area contributed by atoms with Crippen LogP contribution in [0.2, 0.25) is 0 Å². The van der Waals surface area contributed by atoms with Gasteiger partial charge in [-0.05, 0) is 35.5 Å². The van der Waals surface area contributed by atoms with E-state index in [9.17, 15) is 0 Å². The summed E-state index contributed by atoms with van der Waals surface area (Å²) in [6.07, 6.45) is 1.45. The van der Waals surface area contributed by atoms with E-state index in [4.69, 9.17) is 0 Å². The maximum absolute atomic E-state index is 2.47. The minimum Gasteiger partial charge on any atom is -0.0625 e. The summed E-state index contributed by atoms with van der Waals surface area (Å²) in [5, 5.41) is 0. The summed E-state index contributed by atoms with van der Waals surface area (Å²) in [7, 11) is 0. The first-order chi connectivity index (χ1) is 5.39. The summed E-state index contributed by atoms with van der Waals surface area (Å²) in [6, 6.07) is 0. The summed E-state index contributed by atoms with van der Waals surface area (Å²) in [6.45, 7) is 14.4. The molecule has 1 aliphatic carbocycles. The molecule has 2 unspecified atom stereocenters. The van der Waals surface area contributed by atoms with Crippen molar-refractivity contribution in [1.29, 1.82) is 0 Å². The fraction of sp³-hybridized carbons (Fsp3) is 1.00. The Morgan fingerprint density at radius 1 is 1.08 bits per heavy atom. The van der Waals surface area contributed by atoms with Gasteiger partial charge < -0.3 is 0 Å². The fourth-order valence-electron chi connectivity index (χ4n) is 3.36. The molecule has 0 aromatic rings. The van der Waals surface area contributed by atoms with Crippen molar-refractivity contribution >= 4 is 0 Å². The number of hydrogen-bond donors (Lipinski definition) is 0. The lowest BCUT2D eigenvalue weighted by Crippen LogP contribution is -2.25. The smallest absolute Gasteiger partial charge is 0.0264 e. The van der Waals surface area contributed by atoms with Gasteiger partial charge in [0.2, 0.25) is 0 Å². The highest BCUT2D eigenvalue weighted by Gasteiger charge is 2.53. The highest BCUT2D eigenvalue weighted by molar-refractivity contribution is 5.02. The molecule has 0 bridgehead atoms. The molecule has 0 aromatic carbocycles. The topological polar surface area (TPSA) is 0 Å².